The predicted octanol–water partition coefficient (Wildman–Crippen LogP) is 1.80. The number of carboxylic acids is 1. The van der Waals surface area contributed by atoms with Gasteiger partial charge in [0, 0.05) is 13.6 Å². The molecule has 0 saturated carbocycles. The summed E-state index contributed by atoms with van der Waals surface area (Å²) in [6.45, 7) is 5.75. The van der Waals surface area contributed by atoms with Gasteiger partial charge in [-0.15, -0.1) is 11.3 Å². The Bertz CT molecular complexity index is 577. The van der Waals surface area contributed by atoms with Crippen LogP contribution in [0.4, 0.5) is 0 Å². The first-order chi connectivity index (χ1) is 9.17. The number of nitrogens with zero attached hydrogens (tertiary/aromatic N) is 1. The van der Waals surface area contributed by atoms with Gasteiger partial charge < -0.3 is 9.84 Å². The van der Waals surface area contributed by atoms with E-state index in [4.69, 9.17) is 9.84 Å². The number of thiophene rings is 1. The van der Waals surface area contributed by atoms with Gasteiger partial charge in [0.2, 0.25) is 10.0 Å². The van der Waals surface area contributed by atoms with Crippen LogP contribution in [0.3, 0.4) is 0 Å². The molecule has 1 N–H and O–H groups in total. The van der Waals surface area contributed by atoms with Crippen LogP contribution in [0.15, 0.2) is 10.3 Å². The van der Waals surface area contributed by atoms with Crippen LogP contribution >= 0.6 is 11.3 Å². The van der Waals surface area contributed by atoms with Crippen LogP contribution in [0.2, 0.25) is 0 Å². The monoisotopic (exact) mass is 321 g/mol. The van der Waals surface area contributed by atoms with Gasteiger partial charge in [-0.25, -0.2) is 13.2 Å². The molecule has 0 unspecified atom stereocenters. The maximum Gasteiger partial charge on any atom is 0.347 e. The van der Waals surface area contributed by atoms with Gasteiger partial charge in [0.05, 0.1) is 12.7 Å². The average molecular weight is 321 g/mol. The van der Waals surface area contributed by atoms with E-state index in [2.05, 4.69) is 0 Å². The highest BCUT2D eigenvalue weighted by Gasteiger charge is 2.30. The highest BCUT2D eigenvalue weighted by Crippen LogP contribution is 2.28. The Morgan fingerprint density at radius 3 is 2.60 bits per heavy atom. The number of likely N-dealkylation sites (N-methyl/N-ethyl adjacent to an activating group) is 1. The van der Waals surface area contributed by atoms with Crippen molar-refractivity contribution in [3.8, 4) is 0 Å². The highest BCUT2D eigenvalue weighted by atomic mass is 32.2. The van der Waals surface area contributed by atoms with Gasteiger partial charge in [-0.2, -0.15) is 4.31 Å². The first-order valence-corrected chi connectivity index (χ1v) is 8.39. The molecule has 0 aliphatic carbocycles. The van der Waals surface area contributed by atoms with Crippen LogP contribution in [-0.2, 0) is 14.8 Å². The van der Waals surface area contributed by atoms with Crippen molar-refractivity contribution in [1.82, 2.24) is 4.31 Å². The Labute approximate surface area is 123 Å². The zero-order chi connectivity index (χ0) is 15.5. The molecule has 1 rings (SSSR count). The molecule has 0 aromatic carbocycles. The quantitative estimate of drug-likeness (QED) is 0.828. The topological polar surface area (TPSA) is 83.9 Å². The molecule has 8 heteroatoms. The van der Waals surface area contributed by atoms with E-state index in [0.29, 0.717) is 5.56 Å². The maximum atomic E-state index is 12.4. The van der Waals surface area contributed by atoms with E-state index in [1.807, 2.05) is 13.8 Å². The van der Waals surface area contributed by atoms with Crippen molar-refractivity contribution in [2.75, 3.05) is 20.2 Å². The summed E-state index contributed by atoms with van der Waals surface area (Å²) < 4.78 is 31.3. The van der Waals surface area contributed by atoms with Crippen molar-refractivity contribution in [1.29, 1.82) is 0 Å². The van der Waals surface area contributed by atoms with E-state index in [0.717, 1.165) is 15.6 Å². The zero-order valence-corrected chi connectivity index (χ0v) is 13.5. The number of hydrogen-bond acceptors (Lipinski definition) is 5. The van der Waals surface area contributed by atoms with Crippen molar-refractivity contribution in [3.05, 3.63) is 15.8 Å². The molecule has 1 aromatic rings. The van der Waals surface area contributed by atoms with Crippen molar-refractivity contribution < 1.29 is 23.1 Å². The zero-order valence-electron chi connectivity index (χ0n) is 11.9. The molecule has 1 heterocycles. The van der Waals surface area contributed by atoms with E-state index in [9.17, 15) is 13.2 Å². The van der Waals surface area contributed by atoms with E-state index < -0.39 is 16.0 Å². The summed E-state index contributed by atoms with van der Waals surface area (Å²) in [5.74, 6) is -1.23. The second kappa shape index (κ2) is 6.66. The largest absolute Gasteiger partial charge is 0.477 e. The molecule has 0 bridgehead atoms. The van der Waals surface area contributed by atoms with E-state index in [1.54, 1.807) is 6.92 Å². The summed E-state index contributed by atoms with van der Waals surface area (Å²) in [5.41, 5.74) is 0.448. The molecule has 0 aliphatic heterocycles. The Hall–Kier alpha value is -0.960. The molecule has 20 heavy (non-hydrogen) atoms. The lowest BCUT2D eigenvalue weighted by Gasteiger charge is -2.18. The lowest BCUT2D eigenvalue weighted by atomic mass is 10.3. The minimum absolute atomic E-state index is 0.0172. The number of ether oxygens (including phenoxy) is 1. The van der Waals surface area contributed by atoms with E-state index in [1.165, 1.54) is 12.4 Å². The second-order valence-electron chi connectivity index (χ2n) is 4.63. The van der Waals surface area contributed by atoms with Gasteiger partial charge in [-0.1, -0.05) is 0 Å². The number of aryl methyl sites for hydroxylation is 1. The minimum atomic E-state index is -3.82. The average Bonchev–Trinajstić information content (AvgIpc) is 2.71. The minimum Gasteiger partial charge on any atom is -0.477 e. The van der Waals surface area contributed by atoms with Crippen molar-refractivity contribution in [2.24, 2.45) is 0 Å². The second-order valence-corrected chi connectivity index (χ2v) is 7.49. The van der Waals surface area contributed by atoms with Crippen LogP contribution in [0.25, 0.3) is 0 Å². The third-order valence-electron chi connectivity index (χ3n) is 2.64. The highest BCUT2D eigenvalue weighted by molar-refractivity contribution is 7.89. The molecule has 0 aliphatic rings. The van der Waals surface area contributed by atoms with Crippen molar-refractivity contribution in [3.63, 3.8) is 0 Å². The molecular weight excluding hydrogens is 302 g/mol. The van der Waals surface area contributed by atoms with E-state index in [-0.39, 0.29) is 29.0 Å². The van der Waals surface area contributed by atoms with Crippen LogP contribution in [0.5, 0.6) is 0 Å². The first-order valence-electron chi connectivity index (χ1n) is 6.07. The van der Waals surface area contributed by atoms with E-state index >= 15 is 0 Å². The molecule has 1 aromatic heterocycles. The predicted molar refractivity (Wildman–Crippen MR) is 76.9 cm³/mol. The number of sulfonamides is 1. The molecule has 114 valence electrons. The Morgan fingerprint density at radius 2 is 2.10 bits per heavy atom. The summed E-state index contributed by atoms with van der Waals surface area (Å²) in [7, 11) is -2.40. The van der Waals surface area contributed by atoms with Gasteiger partial charge in [-0.05, 0) is 31.7 Å². The number of hydrogen-bond donors (Lipinski definition) is 1. The van der Waals surface area contributed by atoms with Crippen LogP contribution in [0, 0.1) is 6.92 Å². The number of rotatable bonds is 7. The van der Waals surface area contributed by atoms with Crippen molar-refractivity contribution >= 4 is 27.3 Å². The Kier molecular flexibility index (Phi) is 5.69. The molecule has 0 saturated heterocycles. The summed E-state index contributed by atoms with van der Waals surface area (Å²) in [5, 5.41) is 10.6. The van der Waals surface area contributed by atoms with Gasteiger partial charge in [-0.3, -0.25) is 0 Å². The summed E-state index contributed by atoms with van der Waals surface area (Å²) in [6, 6.07) is 0. The third kappa shape index (κ3) is 3.78. The van der Waals surface area contributed by atoms with Crippen LogP contribution < -0.4 is 0 Å². The lowest BCUT2D eigenvalue weighted by Crippen LogP contribution is -2.31. The SMILES string of the molecule is Cc1csc(C(=O)O)c1S(=O)(=O)N(C)CCOC(C)C. The number of carbonyl (C=O) groups is 1. The summed E-state index contributed by atoms with van der Waals surface area (Å²) in [6.07, 6.45) is 0.0172. The van der Waals surface area contributed by atoms with Gasteiger partial charge in [0.25, 0.3) is 0 Å². The summed E-state index contributed by atoms with van der Waals surface area (Å²) in [4.78, 5) is 10.8. The number of aromatic carboxylic acids is 1. The van der Waals surface area contributed by atoms with Crippen molar-refractivity contribution in [2.45, 2.75) is 31.8 Å². The third-order valence-corrected chi connectivity index (χ3v) is 5.90. The summed E-state index contributed by atoms with van der Waals surface area (Å²) >= 11 is 0.921. The van der Waals surface area contributed by atoms with Crippen LogP contribution in [0.1, 0.15) is 29.1 Å². The number of carboxylic acid groups (broad SMARTS) is 1. The van der Waals surface area contributed by atoms with Crippen LogP contribution in [-0.4, -0.2) is 50.1 Å². The normalized spacial score (nSPS) is 12.3. The fraction of sp³-hybridized carbons (Fsp3) is 0.583. The van der Waals surface area contributed by atoms with Gasteiger partial charge in [0.15, 0.2) is 0 Å². The first kappa shape index (κ1) is 17.1. The van der Waals surface area contributed by atoms with Gasteiger partial charge in [0.1, 0.15) is 9.77 Å². The van der Waals surface area contributed by atoms with Gasteiger partial charge >= 0.3 is 5.97 Å². The molecular formula is C12H19NO5S2. The fourth-order valence-corrected chi connectivity index (χ4v) is 4.32. The lowest BCUT2D eigenvalue weighted by molar-refractivity contribution is 0.0698. The maximum absolute atomic E-state index is 12.4. The molecule has 0 spiro atoms. The Balaban J connectivity index is 2.99. The molecule has 0 fully saturated rings. The molecule has 0 amide bonds. The standard InChI is InChI=1S/C12H19NO5S2/c1-8(2)18-6-5-13(4)20(16,17)11-9(3)7-19-10(11)12(14)15/h7-8H,5-6H2,1-4H3,(H,14,15). The molecule has 6 nitrogen and oxygen atoms in total. The molecule has 0 atom stereocenters. The molecule has 0 radical (unpaired) electrons. The Morgan fingerprint density at radius 1 is 1.50 bits per heavy atom. The smallest absolute Gasteiger partial charge is 0.347 e. The fourth-order valence-electron chi connectivity index (χ4n) is 1.59.